The molecule has 1 amide bonds. The smallest absolute Gasteiger partial charge is 0.267 e. The quantitative estimate of drug-likeness (QED) is 0.382. The van der Waals surface area contributed by atoms with Gasteiger partial charge in [-0.1, -0.05) is 79.6 Å². The fourth-order valence-corrected chi connectivity index (χ4v) is 6.01. The number of rotatable bonds is 5. The van der Waals surface area contributed by atoms with Gasteiger partial charge in [0.15, 0.2) is 0 Å². The third kappa shape index (κ3) is 4.40. The number of nitrogens with one attached hydrogen (secondary N) is 1. The molecule has 1 saturated heterocycles. The number of amides is 1. The molecule has 174 valence electrons. The molecule has 2 fully saturated rings. The Balaban J connectivity index is 1.54. The fraction of sp³-hybridized carbons (Fsp3) is 0.308. The molecular formula is C26H26N4O2S2. The van der Waals surface area contributed by atoms with Crippen molar-refractivity contribution in [3.05, 3.63) is 81.1 Å². The van der Waals surface area contributed by atoms with E-state index in [1.807, 2.05) is 49.4 Å². The molecule has 3 aromatic rings. The highest BCUT2D eigenvalue weighted by Crippen LogP contribution is 2.38. The number of anilines is 1. The fourth-order valence-electron chi connectivity index (χ4n) is 4.61. The average Bonchev–Trinajstić information content (AvgIpc) is 3.14. The zero-order chi connectivity index (χ0) is 23.7. The number of thioether (sulfide) groups is 1. The van der Waals surface area contributed by atoms with Crippen LogP contribution in [-0.4, -0.2) is 30.6 Å². The number of benzene rings is 1. The van der Waals surface area contributed by atoms with E-state index < -0.39 is 0 Å². The Morgan fingerprint density at radius 1 is 1.09 bits per heavy atom. The van der Waals surface area contributed by atoms with Crippen LogP contribution >= 0.6 is 24.0 Å². The number of hydrogen-bond acceptors (Lipinski definition) is 6. The third-order valence-corrected chi connectivity index (χ3v) is 7.81. The summed E-state index contributed by atoms with van der Waals surface area (Å²) in [6.45, 7) is 1.96. The molecule has 5 rings (SSSR count). The molecular weight excluding hydrogens is 464 g/mol. The Morgan fingerprint density at radius 3 is 2.59 bits per heavy atom. The monoisotopic (exact) mass is 490 g/mol. The van der Waals surface area contributed by atoms with Crippen LogP contribution in [-0.2, 0) is 4.79 Å². The predicted octanol–water partition coefficient (Wildman–Crippen LogP) is 5.40. The van der Waals surface area contributed by atoms with Gasteiger partial charge in [-0.3, -0.25) is 18.9 Å². The SMILES string of the molecule is CC(c1ccccc1)N1C(=O)C(=Cc2c(NC3CCCCC3)nc3ccccn3c2=O)SC1=S. The third-order valence-electron chi connectivity index (χ3n) is 6.48. The van der Waals surface area contributed by atoms with Crippen molar-refractivity contribution in [2.75, 3.05) is 5.32 Å². The number of hydrogen-bond donors (Lipinski definition) is 1. The van der Waals surface area contributed by atoms with Gasteiger partial charge in [0.1, 0.15) is 15.8 Å². The highest BCUT2D eigenvalue weighted by atomic mass is 32.2. The summed E-state index contributed by atoms with van der Waals surface area (Å²) in [5.74, 6) is 0.344. The summed E-state index contributed by atoms with van der Waals surface area (Å²) in [7, 11) is 0. The van der Waals surface area contributed by atoms with Crippen molar-refractivity contribution in [3.8, 4) is 0 Å². The minimum atomic E-state index is -0.203. The lowest BCUT2D eigenvalue weighted by Crippen LogP contribution is -2.31. The van der Waals surface area contributed by atoms with E-state index in [-0.39, 0.29) is 23.6 Å². The van der Waals surface area contributed by atoms with Crippen LogP contribution in [0, 0.1) is 0 Å². The van der Waals surface area contributed by atoms with Gasteiger partial charge >= 0.3 is 0 Å². The maximum Gasteiger partial charge on any atom is 0.267 e. The molecule has 1 unspecified atom stereocenters. The Kier molecular flexibility index (Phi) is 6.52. The number of pyridine rings is 1. The van der Waals surface area contributed by atoms with E-state index in [0.29, 0.717) is 26.3 Å². The minimum Gasteiger partial charge on any atom is -0.367 e. The van der Waals surface area contributed by atoms with E-state index in [1.165, 1.54) is 22.6 Å². The van der Waals surface area contributed by atoms with Crippen molar-refractivity contribution >= 4 is 51.7 Å². The normalized spacial score (nSPS) is 19.2. The molecule has 0 bridgehead atoms. The minimum absolute atomic E-state index is 0.187. The second-order valence-electron chi connectivity index (χ2n) is 8.73. The Morgan fingerprint density at radius 2 is 1.82 bits per heavy atom. The van der Waals surface area contributed by atoms with Crippen molar-refractivity contribution in [2.24, 2.45) is 0 Å². The first-order chi connectivity index (χ1) is 16.5. The van der Waals surface area contributed by atoms with Gasteiger partial charge < -0.3 is 5.32 Å². The van der Waals surface area contributed by atoms with Crippen LogP contribution in [0.5, 0.6) is 0 Å². The lowest BCUT2D eigenvalue weighted by Gasteiger charge is -2.24. The van der Waals surface area contributed by atoms with E-state index in [1.54, 1.807) is 23.2 Å². The van der Waals surface area contributed by atoms with Gasteiger partial charge in [0.05, 0.1) is 16.5 Å². The first kappa shape index (κ1) is 22.8. The van der Waals surface area contributed by atoms with Gasteiger partial charge in [0, 0.05) is 12.2 Å². The van der Waals surface area contributed by atoms with Crippen molar-refractivity contribution < 1.29 is 4.79 Å². The summed E-state index contributed by atoms with van der Waals surface area (Å²) in [6.07, 6.45) is 9.02. The van der Waals surface area contributed by atoms with Crippen LogP contribution in [0.4, 0.5) is 5.82 Å². The molecule has 1 saturated carbocycles. The van der Waals surface area contributed by atoms with E-state index in [0.717, 1.165) is 31.2 Å². The molecule has 8 heteroatoms. The first-order valence-corrected chi connectivity index (χ1v) is 12.9. The number of carbonyl (C=O) groups is 1. The zero-order valence-electron chi connectivity index (χ0n) is 18.9. The van der Waals surface area contributed by atoms with Crippen molar-refractivity contribution in [1.82, 2.24) is 14.3 Å². The maximum atomic E-state index is 13.5. The van der Waals surface area contributed by atoms with Gasteiger partial charge in [-0.25, -0.2) is 4.98 Å². The molecule has 0 spiro atoms. The molecule has 2 aromatic heterocycles. The zero-order valence-corrected chi connectivity index (χ0v) is 20.6. The molecule has 6 nitrogen and oxygen atoms in total. The second-order valence-corrected chi connectivity index (χ2v) is 10.4. The molecule has 1 atom stereocenters. The molecule has 1 aliphatic heterocycles. The Hall–Kier alpha value is -2.97. The molecule has 0 radical (unpaired) electrons. The number of thiocarbonyl (C=S) groups is 1. The van der Waals surface area contributed by atoms with Crippen LogP contribution in [0.15, 0.2) is 64.4 Å². The predicted molar refractivity (Wildman–Crippen MR) is 142 cm³/mol. The van der Waals surface area contributed by atoms with Gasteiger partial charge in [-0.05, 0) is 43.5 Å². The van der Waals surface area contributed by atoms with Crippen LogP contribution in [0.2, 0.25) is 0 Å². The van der Waals surface area contributed by atoms with Gasteiger partial charge in [-0.15, -0.1) is 0 Å². The second kappa shape index (κ2) is 9.72. The average molecular weight is 491 g/mol. The topological polar surface area (TPSA) is 66.7 Å². The molecule has 1 aromatic carbocycles. The van der Waals surface area contributed by atoms with Crippen LogP contribution in [0.25, 0.3) is 11.7 Å². The van der Waals surface area contributed by atoms with Crippen molar-refractivity contribution in [1.29, 1.82) is 0 Å². The Bertz CT molecular complexity index is 1330. The van der Waals surface area contributed by atoms with E-state index in [4.69, 9.17) is 17.2 Å². The van der Waals surface area contributed by atoms with Crippen LogP contribution in [0.1, 0.15) is 56.2 Å². The Labute approximate surface area is 208 Å². The summed E-state index contributed by atoms with van der Waals surface area (Å²) in [5.41, 5.74) is 1.77. The van der Waals surface area contributed by atoms with Gasteiger partial charge in [-0.2, -0.15) is 0 Å². The highest BCUT2D eigenvalue weighted by Gasteiger charge is 2.36. The van der Waals surface area contributed by atoms with Crippen molar-refractivity contribution in [2.45, 2.75) is 51.1 Å². The maximum absolute atomic E-state index is 13.5. The summed E-state index contributed by atoms with van der Waals surface area (Å²) < 4.78 is 2.01. The van der Waals surface area contributed by atoms with E-state index in [2.05, 4.69) is 5.32 Å². The lowest BCUT2D eigenvalue weighted by molar-refractivity contribution is -0.123. The van der Waals surface area contributed by atoms with Gasteiger partial charge in [0.2, 0.25) is 0 Å². The number of fused-ring (bicyclic) bond motifs is 1. The lowest BCUT2D eigenvalue weighted by atomic mass is 9.95. The summed E-state index contributed by atoms with van der Waals surface area (Å²) >= 11 is 6.81. The summed E-state index contributed by atoms with van der Waals surface area (Å²) in [6, 6.07) is 15.4. The van der Waals surface area contributed by atoms with E-state index in [9.17, 15) is 9.59 Å². The number of carbonyl (C=O) groups excluding carboxylic acids is 1. The molecule has 2 aliphatic rings. The van der Waals surface area contributed by atoms with Gasteiger partial charge in [0.25, 0.3) is 11.5 Å². The highest BCUT2D eigenvalue weighted by molar-refractivity contribution is 8.26. The molecule has 1 aliphatic carbocycles. The number of nitrogens with zero attached hydrogens (tertiary/aromatic N) is 3. The largest absolute Gasteiger partial charge is 0.367 e. The molecule has 1 N–H and O–H groups in total. The standard InChI is InChI=1S/C26H26N4O2S2/c1-17(18-10-4-2-5-11-18)30-25(32)21(34-26(30)33)16-20-23(27-19-12-6-3-7-13-19)28-22-14-8-9-15-29(22)24(20)31/h2,4-5,8-11,14-17,19,27H,3,6-7,12-13H2,1H3. The number of aromatic nitrogens is 2. The van der Waals surface area contributed by atoms with Crippen molar-refractivity contribution in [3.63, 3.8) is 0 Å². The van der Waals surface area contributed by atoms with E-state index >= 15 is 0 Å². The van der Waals surface area contributed by atoms with Crippen LogP contribution in [0.3, 0.4) is 0 Å². The molecule has 34 heavy (non-hydrogen) atoms. The molecule has 3 heterocycles. The van der Waals surface area contributed by atoms with Crippen LogP contribution < -0.4 is 10.9 Å². The summed E-state index contributed by atoms with van der Waals surface area (Å²) in [4.78, 5) is 33.7. The first-order valence-electron chi connectivity index (χ1n) is 11.6. The summed E-state index contributed by atoms with van der Waals surface area (Å²) in [5, 5.41) is 3.51.